The lowest BCUT2D eigenvalue weighted by Gasteiger charge is -2.33. The fourth-order valence-electron chi connectivity index (χ4n) is 3.70. The maximum Gasteiger partial charge on any atom is 0.528 e. The van der Waals surface area contributed by atoms with E-state index in [1.807, 2.05) is 45.6 Å². The van der Waals surface area contributed by atoms with Gasteiger partial charge in [-0.1, -0.05) is 13.8 Å². The number of piperidine rings is 1. The maximum atomic E-state index is 11.9. The first-order valence-electron chi connectivity index (χ1n) is 11.8. The van der Waals surface area contributed by atoms with Crippen molar-refractivity contribution in [1.29, 1.82) is 0 Å². The van der Waals surface area contributed by atoms with Crippen LogP contribution in [-0.4, -0.2) is 58.7 Å². The number of benzene rings is 1. The van der Waals surface area contributed by atoms with Gasteiger partial charge in [-0.3, -0.25) is 0 Å². The highest BCUT2D eigenvalue weighted by Gasteiger charge is 2.26. The summed E-state index contributed by atoms with van der Waals surface area (Å²) in [5, 5.41) is 5.62. The molecule has 0 unspecified atom stereocenters. The molecule has 1 aromatic heterocycles. The third-order valence-corrected chi connectivity index (χ3v) is 6.26. The van der Waals surface area contributed by atoms with Crippen LogP contribution in [-0.2, 0) is 9.57 Å². The molecule has 2 heterocycles. The number of thioether (sulfide) groups is 1. The number of hydroxylamine groups is 2. The number of carbonyl (C=O) groups excluding carboxylic acids is 1. The summed E-state index contributed by atoms with van der Waals surface area (Å²) in [7, 11) is 2.05. The Kier molecular flexibility index (Phi) is 9.02. The van der Waals surface area contributed by atoms with Gasteiger partial charge in [0.2, 0.25) is 0 Å². The molecule has 0 aliphatic carbocycles. The fraction of sp³-hybridized carbons (Fsp3) is 0.560. The van der Waals surface area contributed by atoms with Crippen molar-refractivity contribution in [2.45, 2.75) is 63.2 Å². The minimum absolute atomic E-state index is 0.487. The lowest BCUT2D eigenvalue weighted by molar-refractivity contribution is -0.154. The second-order valence-corrected chi connectivity index (χ2v) is 11.5. The Bertz CT molecular complexity index is 925. The number of aromatic nitrogens is 2. The third kappa shape index (κ3) is 8.68. The van der Waals surface area contributed by atoms with Crippen molar-refractivity contribution in [3.8, 4) is 0 Å². The standard InChI is InChI=1S/C25H37N5O3S/c1-18(2)34-21-9-7-20(8-10-21)28-22-15-23(27-17-26-22)29(6)16-19-11-13-30(14-12-19)33-24(31)32-25(3,4)5/h7-10,15,17-19H,11-14,16H2,1-6H3,(H,26,27,28). The van der Waals surface area contributed by atoms with E-state index >= 15 is 0 Å². The van der Waals surface area contributed by atoms with Crippen molar-refractivity contribution in [1.82, 2.24) is 15.0 Å². The van der Waals surface area contributed by atoms with Gasteiger partial charge in [-0.2, -0.15) is 0 Å². The number of ether oxygens (including phenoxy) is 1. The highest BCUT2D eigenvalue weighted by molar-refractivity contribution is 7.99. The number of anilines is 3. The third-order valence-electron chi connectivity index (χ3n) is 5.24. The zero-order valence-electron chi connectivity index (χ0n) is 21.1. The quantitative estimate of drug-likeness (QED) is 0.370. The molecule has 0 radical (unpaired) electrons. The largest absolute Gasteiger partial charge is 0.528 e. The molecule has 1 aromatic carbocycles. The van der Waals surface area contributed by atoms with Crippen LogP contribution in [0.25, 0.3) is 0 Å². The molecular weight excluding hydrogens is 450 g/mol. The van der Waals surface area contributed by atoms with E-state index in [4.69, 9.17) is 9.57 Å². The van der Waals surface area contributed by atoms with Crippen LogP contribution in [0.15, 0.2) is 41.6 Å². The summed E-state index contributed by atoms with van der Waals surface area (Å²) >= 11 is 1.85. The van der Waals surface area contributed by atoms with Crippen molar-refractivity contribution >= 4 is 35.2 Å². The molecule has 0 atom stereocenters. The zero-order chi connectivity index (χ0) is 24.7. The van der Waals surface area contributed by atoms with Gasteiger partial charge in [0.15, 0.2) is 0 Å². The van der Waals surface area contributed by atoms with E-state index in [0.717, 1.165) is 36.7 Å². The maximum absolute atomic E-state index is 11.9. The van der Waals surface area contributed by atoms with E-state index in [2.05, 4.69) is 58.3 Å². The van der Waals surface area contributed by atoms with Crippen molar-refractivity contribution in [3.63, 3.8) is 0 Å². The molecule has 0 amide bonds. The smallest absolute Gasteiger partial charge is 0.427 e. The SMILES string of the molecule is CC(C)Sc1ccc(Nc2cc(N(C)CC3CCN(OC(=O)OC(C)(C)C)CC3)ncn2)cc1. The number of hydrogen-bond donors (Lipinski definition) is 1. The van der Waals surface area contributed by atoms with Crippen LogP contribution in [0.1, 0.15) is 47.5 Å². The molecule has 1 N–H and O–H groups in total. The minimum Gasteiger partial charge on any atom is -0.427 e. The summed E-state index contributed by atoms with van der Waals surface area (Å²) in [6.07, 6.45) is 2.82. The number of nitrogens with zero attached hydrogens (tertiary/aromatic N) is 4. The Hall–Kier alpha value is -2.52. The minimum atomic E-state index is -0.641. The first kappa shape index (κ1) is 26.1. The Morgan fingerprint density at radius 2 is 1.88 bits per heavy atom. The molecular formula is C25H37N5O3S. The average molecular weight is 488 g/mol. The highest BCUT2D eigenvalue weighted by Crippen LogP contribution is 2.26. The van der Waals surface area contributed by atoms with Gasteiger partial charge in [0, 0.05) is 48.6 Å². The molecule has 2 aromatic rings. The van der Waals surface area contributed by atoms with E-state index in [9.17, 15) is 4.79 Å². The second kappa shape index (κ2) is 11.8. The highest BCUT2D eigenvalue weighted by atomic mass is 32.2. The van der Waals surface area contributed by atoms with Crippen LogP contribution in [0.2, 0.25) is 0 Å². The van der Waals surface area contributed by atoms with Crippen molar-refractivity contribution in [2.75, 3.05) is 36.9 Å². The molecule has 9 heteroatoms. The van der Waals surface area contributed by atoms with Crippen LogP contribution in [0, 0.1) is 5.92 Å². The van der Waals surface area contributed by atoms with Gasteiger partial charge < -0.3 is 19.8 Å². The summed E-state index contributed by atoms with van der Waals surface area (Å²) in [6, 6.07) is 10.4. The van der Waals surface area contributed by atoms with Gasteiger partial charge in [0.05, 0.1) is 0 Å². The molecule has 1 fully saturated rings. The predicted molar refractivity (Wildman–Crippen MR) is 138 cm³/mol. The Balaban J connectivity index is 1.48. The molecule has 1 aliphatic heterocycles. The normalized spacial score (nSPS) is 15.3. The monoisotopic (exact) mass is 487 g/mol. The predicted octanol–water partition coefficient (Wildman–Crippen LogP) is 5.74. The van der Waals surface area contributed by atoms with Crippen molar-refractivity contribution < 1.29 is 14.4 Å². The summed E-state index contributed by atoms with van der Waals surface area (Å²) < 4.78 is 5.23. The Labute approximate surface area is 207 Å². The lowest BCUT2D eigenvalue weighted by Crippen LogP contribution is -2.40. The van der Waals surface area contributed by atoms with Gasteiger partial charge in [0.1, 0.15) is 23.6 Å². The van der Waals surface area contributed by atoms with E-state index in [1.165, 1.54) is 4.90 Å². The molecule has 0 spiro atoms. The van der Waals surface area contributed by atoms with Crippen LogP contribution in [0.3, 0.4) is 0 Å². The number of nitrogens with one attached hydrogen (secondary N) is 1. The molecule has 34 heavy (non-hydrogen) atoms. The van der Waals surface area contributed by atoms with E-state index in [0.29, 0.717) is 24.3 Å². The number of carbonyl (C=O) groups is 1. The first-order valence-corrected chi connectivity index (χ1v) is 12.7. The first-order chi connectivity index (χ1) is 16.1. The molecule has 1 saturated heterocycles. The summed E-state index contributed by atoms with van der Waals surface area (Å²) in [4.78, 5) is 29.5. The summed E-state index contributed by atoms with van der Waals surface area (Å²) in [5.74, 6) is 2.12. The van der Waals surface area contributed by atoms with Crippen molar-refractivity contribution in [2.24, 2.45) is 5.92 Å². The van der Waals surface area contributed by atoms with Gasteiger partial charge in [-0.05, 0) is 63.8 Å². The zero-order valence-corrected chi connectivity index (χ0v) is 21.9. The Morgan fingerprint density at radius 3 is 2.50 bits per heavy atom. The van der Waals surface area contributed by atoms with Crippen LogP contribution in [0.4, 0.5) is 22.1 Å². The van der Waals surface area contributed by atoms with Crippen LogP contribution < -0.4 is 10.2 Å². The van der Waals surface area contributed by atoms with E-state index in [1.54, 1.807) is 11.4 Å². The fourth-order valence-corrected chi connectivity index (χ4v) is 4.54. The van der Waals surface area contributed by atoms with E-state index < -0.39 is 11.8 Å². The van der Waals surface area contributed by atoms with Gasteiger partial charge in [0.25, 0.3) is 0 Å². The van der Waals surface area contributed by atoms with Crippen molar-refractivity contribution in [3.05, 3.63) is 36.7 Å². The Morgan fingerprint density at radius 1 is 1.21 bits per heavy atom. The van der Waals surface area contributed by atoms with Crippen LogP contribution in [0.5, 0.6) is 0 Å². The number of rotatable bonds is 8. The molecule has 186 valence electrons. The average Bonchev–Trinajstić information content (AvgIpc) is 2.75. The van der Waals surface area contributed by atoms with Gasteiger partial charge >= 0.3 is 6.16 Å². The molecule has 0 bridgehead atoms. The van der Waals surface area contributed by atoms with Gasteiger partial charge in [-0.25, -0.2) is 14.8 Å². The summed E-state index contributed by atoms with van der Waals surface area (Å²) in [6.45, 7) is 12.1. The number of hydrogen-bond acceptors (Lipinski definition) is 9. The molecule has 1 aliphatic rings. The lowest BCUT2D eigenvalue weighted by atomic mass is 9.97. The second-order valence-electron chi connectivity index (χ2n) is 9.89. The molecule has 3 rings (SSSR count). The summed E-state index contributed by atoms with van der Waals surface area (Å²) in [5.41, 5.74) is 0.442. The van der Waals surface area contributed by atoms with Crippen LogP contribution >= 0.6 is 11.8 Å². The molecule has 8 nitrogen and oxygen atoms in total. The molecule has 0 saturated carbocycles. The van der Waals surface area contributed by atoms with Gasteiger partial charge in [-0.15, -0.1) is 16.8 Å². The topological polar surface area (TPSA) is 79.8 Å². The van der Waals surface area contributed by atoms with E-state index in [-0.39, 0.29) is 0 Å².